The Morgan fingerprint density at radius 2 is 1.21 bits per heavy atom. The van der Waals surface area contributed by atoms with Crippen molar-refractivity contribution in [3.63, 3.8) is 0 Å². The van der Waals surface area contributed by atoms with Crippen molar-refractivity contribution in [2.45, 2.75) is 18.4 Å². The molecule has 0 rings (SSSR count). The van der Waals surface area contributed by atoms with Gasteiger partial charge in [-0.1, -0.05) is 0 Å². The number of carbonyl (C=O) groups is 3. The Hall–Kier alpha value is -0.760. The van der Waals surface area contributed by atoms with Crippen LogP contribution in [-0.2, 0) is 14.4 Å². The summed E-state index contributed by atoms with van der Waals surface area (Å²) < 4.78 is 0. The largest absolute Gasteiger partial charge is 0.481 e. The van der Waals surface area contributed by atoms with Gasteiger partial charge in [0.25, 0.3) is 0 Å². The fourth-order valence-corrected chi connectivity index (χ4v) is 0.714. The summed E-state index contributed by atoms with van der Waals surface area (Å²) in [6.45, 7) is 0. The molecule has 0 unspecified atom stereocenters. The van der Waals surface area contributed by atoms with E-state index >= 15 is 0 Å². The summed E-state index contributed by atoms with van der Waals surface area (Å²) >= 11 is 0. The summed E-state index contributed by atoms with van der Waals surface area (Å²) in [6.07, 6.45) is -2.29. The van der Waals surface area contributed by atoms with E-state index in [4.69, 9.17) is 20.4 Å². The van der Waals surface area contributed by atoms with Gasteiger partial charge in [-0.15, -0.1) is 0 Å². The normalized spacial score (nSPS) is 10.1. The van der Waals surface area contributed by atoms with Gasteiger partial charge in [0.2, 0.25) is 0 Å². The number of hydrogen-bond acceptors (Lipinski definition) is 4. The van der Waals surface area contributed by atoms with E-state index in [1.807, 2.05) is 0 Å². The maximum Gasteiger partial charge on any atom is 0.336 e. The Kier molecular flexibility index (Phi) is 6.58. The molecule has 0 heterocycles. The first kappa shape index (κ1) is 15.7. The monoisotopic (exact) mass is 307 g/mol. The molecule has 0 saturated heterocycles. The summed E-state index contributed by atoms with van der Waals surface area (Å²) in [5.41, 5.74) is -2.74. The molecule has 0 amide bonds. The van der Waals surface area contributed by atoms with Crippen LogP contribution in [0.3, 0.4) is 0 Å². The maximum absolute atomic E-state index is 10.3. The van der Waals surface area contributed by atoms with E-state index in [0.717, 1.165) is 0 Å². The van der Waals surface area contributed by atoms with Crippen LogP contribution in [0, 0.1) is 0 Å². The zero-order valence-corrected chi connectivity index (χ0v) is 10.3. The zero-order chi connectivity index (χ0) is 10.6. The third-order valence-electron chi connectivity index (χ3n) is 1.29. The second-order valence-corrected chi connectivity index (χ2v) is 2.48. The SMILES string of the molecule is O=C(O)CC(O)(CC(=O)O)C(=O)O.[In]. The molecule has 77 valence electrons. The Morgan fingerprint density at radius 1 is 0.929 bits per heavy atom. The zero-order valence-electron chi connectivity index (χ0n) is 7.01. The van der Waals surface area contributed by atoms with Crippen LogP contribution in [0.1, 0.15) is 12.8 Å². The molecule has 0 bridgehead atoms. The number of rotatable bonds is 5. The van der Waals surface area contributed by atoms with Gasteiger partial charge in [0, 0.05) is 25.8 Å². The van der Waals surface area contributed by atoms with Crippen LogP contribution in [0.4, 0.5) is 0 Å². The van der Waals surface area contributed by atoms with E-state index < -0.39 is 36.4 Å². The minimum atomic E-state index is -2.74. The van der Waals surface area contributed by atoms with Gasteiger partial charge in [-0.05, 0) is 0 Å². The molecule has 3 radical (unpaired) electrons. The molecule has 0 aromatic rings. The maximum atomic E-state index is 10.3. The molecule has 7 nitrogen and oxygen atoms in total. The van der Waals surface area contributed by atoms with Gasteiger partial charge in [-0.25, -0.2) is 4.79 Å². The minimum absolute atomic E-state index is 0. The first-order valence-electron chi connectivity index (χ1n) is 3.17. The molecule has 0 aliphatic heterocycles. The fraction of sp³-hybridized carbons (Fsp3) is 0.500. The van der Waals surface area contributed by atoms with Crippen molar-refractivity contribution in [2.24, 2.45) is 0 Å². The molecule has 0 spiro atoms. The molecular weight excluding hydrogens is 299 g/mol. The van der Waals surface area contributed by atoms with E-state index in [9.17, 15) is 14.4 Å². The fourth-order valence-electron chi connectivity index (χ4n) is 0.714. The van der Waals surface area contributed by atoms with Crippen LogP contribution in [0.15, 0.2) is 0 Å². The van der Waals surface area contributed by atoms with Crippen LogP contribution in [0.25, 0.3) is 0 Å². The van der Waals surface area contributed by atoms with Crippen LogP contribution < -0.4 is 0 Å². The van der Waals surface area contributed by atoms with E-state index in [1.54, 1.807) is 0 Å². The van der Waals surface area contributed by atoms with Crippen molar-refractivity contribution in [2.75, 3.05) is 0 Å². The number of aliphatic hydroxyl groups is 1. The summed E-state index contributed by atoms with van der Waals surface area (Å²) in [5.74, 6) is -5.02. The van der Waals surface area contributed by atoms with E-state index in [-0.39, 0.29) is 25.8 Å². The van der Waals surface area contributed by atoms with Crippen LogP contribution in [0.2, 0.25) is 0 Å². The van der Waals surface area contributed by atoms with E-state index in [1.165, 1.54) is 0 Å². The quantitative estimate of drug-likeness (QED) is 0.479. The van der Waals surface area contributed by atoms with E-state index in [2.05, 4.69) is 0 Å². The molecular formula is C6H8InO7. The number of carboxylic acids is 3. The van der Waals surface area contributed by atoms with Crippen LogP contribution in [0.5, 0.6) is 0 Å². The standard InChI is InChI=1S/C6H8O7.In/c7-3(8)1-6(13,5(11)12)2-4(9)10;/h13H,1-2H2,(H,7,8)(H,9,10)(H,11,12);. The molecule has 0 atom stereocenters. The van der Waals surface area contributed by atoms with Gasteiger partial charge in [0.15, 0.2) is 5.60 Å². The Morgan fingerprint density at radius 3 is 1.36 bits per heavy atom. The topological polar surface area (TPSA) is 132 Å². The number of aliphatic carboxylic acids is 3. The Bertz CT molecular complexity index is 233. The smallest absolute Gasteiger partial charge is 0.336 e. The molecule has 0 aliphatic carbocycles. The Labute approximate surface area is 97.1 Å². The second kappa shape index (κ2) is 5.86. The summed E-state index contributed by atoms with van der Waals surface area (Å²) in [5, 5.41) is 33.8. The third-order valence-corrected chi connectivity index (χ3v) is 1.29. The minimum Gasteiger partial charge on any atom is -0.481 e. The van der Waals surface area contributed by atoms with Crippen molar-refractivity contribution < 1.29 is 34.8 Å². The van der Waals surface area contributed by atoms with Gasteiger partial charge in [0.1, 0.15) is 0 Å². The molecule has 0 aromatic carbocycles. The molecule has 8 heteroatoms. The first-order chi connectivity index (χ1) is 5.78. The van der Waals surface area contributed by atoms with E-state index in [0.29, 0.717) is 0 Å². The molecule has 4 N–H and O–H groups in total. The van der Waals surface area contributed by atoms with Crippen molar-refractivity contribution >= 4 is 43.8 Å². The number of hydrogen-bond donors (Lipinski definition) is 4. The van der Waals surface area contributed by atoms with Crippen LogP contribution in [-0.4, -0.2) is 69.8 Å². The van der Waals surface area contributed by atoms with Gasteiger partial charge >= 0.3 is 17.9 Å². The number of carboxylic acid groups (broad SMARTS) is 3. The van der Waals surface area contributed by atoms with Gasteiger partial charge in [-0.2, -0.15) is 0 Å². The molecule has 0 aliphatic rings. The second-order valence-electron chi connectivity index (χ2n) is 2.48. The predicted octanol–water partition coefficient (Wildman–Crippen LogP) is -1.63. The van der Waals surface area contributed by atoms with Gasteiger partial charge in [0.05, 0.1) is 12.8 Å². The van der Waals surface area contributed by atoms with Crippen molar-refractivity contribution in [3.8, 4) is 0 Å². The van der Waals surface area contributed by atoms with Gasteiger partial charge < -0.3 is 20.4 Å². The van der Waals surface area contributed by atoms with Crippen LogP contribution >= 0.6 is 0 Å². The average molecular weight is 307 g/mol. The third kappa shape index (κ3) is 5.07. The van der Waals surface area contributed by atoms with Crippen molar-refractivity contribution in [3.05, 3.63) is 0 Å². The predicted molar refractivity (Wildman–Crippen MR) is 42.8 cm³/mol. The van der Waals surface area contributed by atoms with Gasteiger partial charge in [-0.3, -0.25) is 9.59 Å². The molecule has 0 aromatic heterocycles. The summed E-state index contributed by atoms with van der Waals surface area (Å²) in [7, 11) is 0. The van der Waals surface area contributed by atoms with Crippen molar-refractivity contribution in [1.82, 2.24) is 0 Å². The molecule has 0 saturated carbocycles. The molecule has 14 heavy (non-hydrogen) atoms. The average Bonchev–Trinajstić information content (AvgIpc) is 1.82. The Balaban J connectivity index is 0. The van der Waals surface area contributed by atoms with Crippen molar-refractivity contribution in [1.29, 1.82) is 0 Å². The first-order valence-corrected chi connectivity index (χ1v) is 3.17. The summed E-state index contributed by atoms with van der Waals surface area (Å²) in [6, 6.07) is 0. The molecule has 0 fully saturated rings. The summed E-state index contributed by atoms with van der Waals surface area (Å²) in [4.78, 5) is 30.5.